The number of aromatic nitrogens is 3. The molecule has 29 heavy (non-hydrogen) atoms. The lowest BCUT2D eigenvalue weighted by atomic mass is 10.1. The molecule has 0 fully saturated rings. The SMILES string of the molecule is CCC(C)C(=O)Nc1cccc(CNC(=O)c2cnn(-c3ccccn3)c2C)c1. The van der Waals surface area contributed by atoms with E-state index in [1.165, 1.54) is 0 Å². The predicted octanol–water partition coefficient (Wildman–Crippen LogP) is 3.49. The Morgan fingerprint density at radius 1 is 1.17 bits per heavy atom. The van der Waals surface area contributed by atoms with Gasteiger partial charge >= 0.3 is 0 Å². The van der Waals surface area contributed by atoms with E-state index in [4.69, 9.17) is 0 Å². The lowest BCUT2D eigenvalue weighted by Gasteiger charge is -2.11. The van der Waals surface area contributed by atoms with Crippen molar-refractivity contribution in [2.45, 2.75) is 33.7 Å². The minimum Gasteiger partial charge on any atom is -0.348 e. The van der Waals surface area contributed by atoms with Crippen molar-refractivity contribution in [3.63, 3.8) is 0 Å². The number of amides is 2. The zero-order valence-electron chi connectivity index (χ0n) is 16.8. The first-order valence-electron chi connectivity index (χ1n) is 9.63. The van der Waals surface area contributed by atoms with E-state index < -0.39 is 0 Å². The van der Waals surface area contributed by atoms with Crippen LogP contribution >= 0.6 is 0 Å². The standard InChI is InChI=1S/C22H25N5O2/c1-4-15(2)21(28)26-18-9-7-8-17(12-18)13-24-22(29)19-14-25-27(16(19)3)20-10-5-6-11-23-20/h5-12,14-15H,4,13H2,1-3H3,(H,24,29)(H,26,28). The van der Waals surface area contributed by atoms with Crippen molar-refractivity contribution in [2.24, 2.45) is 5.92 Å². The van der Waals surface area contributed by atoms with Gasteiger partial charge in [0.2, 0.25) is 5.91 Å². The molecule has 3 rings (SSSR count). The molecule has 2 heterocycles. The number of hydrogen-bond donors (Lipinski definition) is 2. The fraction of sp³-hybridized carbons (Fsp3) is 0.273. The fourth-order valence-corrected chi connectivity index (χ4v) is 2.83. The first-order chi connectivity index (χ1) is 14.0. The summed E-state index contributed by atoms with van der Waals surface area (Å²) in [5.41, 5.74) is 2.84. The first-order valence-corrected chi connectivity index (χ1v) is 9.63. The topological polar surface area (TPSA) is 88.9 Å². The van der Waals surface area contributed by atoms with E-state index in [1.807, 2.05) is 63.2 Å². The minimum atomic E-state index is -0.210. The number of anilines is 1. The second kappa shape index (κ2) is 9.14. The van der Waals surface area contributed by atoms with Crippen molar-refractivity contribution in [2.75, 3.05) is 5.32 Å². The molecule has 1 atom stereocenters. The second-order valence-corrected chi connectivity index (χ2v) is 6.92. The van der Waals surface area contributed by atoms with Gasteiger partial charge in [0.25, 0.3) is 5.91 Å². The average Bonchev–Trinajstić information content (AvgIpc) is 3.13. The predicted molar refractivity (Wildman–Crippen MR) is 112 cm³/mol. The molecule has 2 N–H and O–H groups in total. The summed E-state index contributed by atoms with van der Waals surface area (Å²) in [6, 6.07) is 13.0. The summed E-state index contributed by atoms with van der Waals surface area (Å²) in [4.78, 5) is 28.9. The van der Waals surface area contributed by atoms with Gasteiger partial charge in [0.1, 0.15) is 0 Å². The number of carbonyl (C=O) groups is 2. The molecule has 2 aromatic heterocycles. The Bertz CT molecular complexity index is 997. The van der Waals surface area contributed by atoms with E-state index in [0.29, 0.717) is 17.9 Å². The summed E-state index contributed by atoms with van der Waals surface area (Å²) in [6.07, 6.45) is 4.01. The van der Waals surface area contributed by atoms with Crippen LogP contribution in [-0.2, 0) is 11.3 Å². The molecule has 0 radical (unpaired) electrons. The third-order valence-electron chi connectivity index (χ3n) is 4.83. The van der Waals surface area contributed by atoms with Crippen LogP contribution in [-0.4, -0.2) is 26.6 Å². The molecule has 150 valence electrons. The summed E-state index contributed by atoms with van der Waals surface area (Å²) >= 11 is 0. The Morgan fingerprint density at radius 3 is 2.72 bits per heavy atom. The molecule has 7 nitrogen and oxygen atoms in total. The third kappa shape index (κ3) is 4.87. The van der Waals surface area contributed by atoms with Crippen molar-refractivity contribution in [3.05, 3.63) is 71.7 Å². The molecule has 0 aliphatic heterocycles. The Labute approximate surface area is 170 Å². The van der Waals surface area contributed by atoms with Crippen molar-refractivity contribution < 1.29 is 9.59 Å². The lowest BCUT2D eigenvalue weighted by molar-refractivity contribution is -0.119. The van der Waals surface area contributed by atoms with Gasteiger partial charge in [-0.25, -0.2) is 9.67 Å². The summed E-state index contributed by atoms with van der Waals surface area (Å²) < 4.78 is 1.64. The Kier molecular flexibility index (Phi) is 6.39. The van der Waals surface area contributed by atoms with Crippen LogP contribution in [0.3, 0.4) is 0 Å². The molecule has 3 aromatic rings. The molecule has 0 bridgehead atoms. The van der Waals surface area contributed by atoms with Crippen LogP contribution in [0, 0.1) is 12.8 Å². The van der Waals surface area contributed by atoms with Crippen LogP contribution in [0.15, 0.2) is 54.9 Å². The average molecular weight is 391 g/mol. The number of pyridine rings is 1. The second-order valence-electron chi connectivity index (χ2n) is 6.92. The van der Waals surface area contributed by atoms with Gasteiger partial charge in [0, 0.05) is 24.3 Å². The number of nitrogens with one attached hydrogen (secondary N) is 2. The molecule has 1 unspecified atom stereocenters. The van der Waals surface area contributed by atoms with E-state index in [2.05, 4.69) is 20.7 Å². The van der Waals surface area contributed by atoms with Crippen LogP contribution in [0.1, 0.15) is 41.9 Å². The van der Waals surface area contributed by atoms with Crippen LogP contribution in [0.2, 0.25) is 0 Å². The van der Waals surface area contributed by atoms with Crippen LogP contribution < -0.4 is 10.6 Å². The maximum atomic E-state index is 12.6. The van der Waals surface area contributed by atoms with Crippen LogP contribution in [0.4, 0.5) is 5.69 Å². The number of benzene rings is 1. The van der Waals surface area contributed by atoms with Gasteiger partial charge in [0.05, 0.1) is 17.5 Å². The lowest BCUT2D eigenvalue weighted by Crippen LogP contribution is -2.23. The Morgan fingerprint density at radius 2 is 2.00 bits per heavy atom. The maximum absolute atomic E-state index is 12.6. The van der Waals surface area contributed by atoms with Gasteiger partial charge in [-0.1, -0.05) is 32.0 Å². The van der Waals surface area contributed by atoms with E-state index >= 15 is 0 Å². The quantitative estimate of drug-likeness (QED) is 0.645. The molecule has 7 heteroatoms. The van der Waals surface area contributed by atoms with Crippen molar-refractivity contribution in [1.29, 1.82) is 0 Å². The highest BCUT2D eigenvalue weighted by molar-refractivity contribution is 5.95. The molecule has 0 aliphatic carbocycles. The molecular formula is C22H25N5O2. The van der Waals surface area contributed by atoms with Crippen LogP contribution in [0.5, 0.6) is 0 Å². The molecule has 0 saturated carbocycles. The molecule has 0 spiro atoms. The number of hydrogen-bond acceptors (Lipinski definition) is 4. The van der Waals surface area contributed by atoms with Gasteiger partial charge in [-0.3, -0.25) is 9.59 Å². The van der Waals surface area contributed by atoms with E-state index in [9.17, 15) is 9.59 Å². The number of carbonyl (C=O) groups excluding carboxylic acids is 2. The molecule has 0 aliphatic rings. The smallest absolute Gasteiger partial charge is 0.255 e. The van der Waals surface area contributed by atoms with Crippen molar-refractivity contribution >= 4 is 17.5 Å². The largest absolute Gasteiger partial charge is 0.348 e. The highest BCUT2D eigenvalue weighted by Gasteiger charge is 2.15. The van der Waals surface area contributed by atoms with E-state index in [-0.39, 0.29) is 17.7 Å². The fourth-order valence-electron chi connectivity index (χ4n) is 2.83. The van der Waals surface area contributed by atoms with Crippen LogP contribution in [0.25, 0.3) is 5.82 Å². The van der Waals surface area contributed by atoms with Gasteiger partial charge < -0.3 is 10.6 Å². The van der Waals surface area contributed by atoms with Gasteiger partial charge in [0.15, 0.2) is 5.82 Å². The monoisotopic (exact) mass is 391 g/mol. The molecule has 0 saturated heterocycles. The number of rotatable bonds is 7. The minimum absolute atomic E-state index is 0.00811. The maximum Gasteiger partial charge on any atom is 0.255 e. The number of nitrogens with zero attached hydrogens (tertiary/aromatic N) is 3. The highest BCUT2D eigenvalue weighted by Crippen LogP contribution is 2.15. The summed E-state index contributed by atoms with van der Waals surface area (Å²) in [7, 11) is 0. The third-order valence-corrected chi connectivity index (χ3v) is 4.83. The summed E-state index contributed by atoms with van der Waals surface area (Å²) in [5.74, 6) is 0.399. The zero-order valence-corrected chi connectivity index (χ0v) is 16.8. The Balaban J connectivity index is 1.65. The van der Waals surface area contributed by atoms with Crippen molar-refractivity contribution in [3.8, 4) is 5.82 Å². The van der Waals surface area contributed by atoms with Crippen molar-refractivity contribution in [1.82, 2.24) is 20.1 Å². The summed E-state index contributed by atoms with van der Waals surface area (Å²) in [6.45, 7) is 6.06. The molecular weight excluding hydrogens is 366 g/mol. The van der Waals surface area contributed by atoms with Gasteiger partial charge in [-0.2, -0.15) is 5.10 Å². The Hall–Kier alpha value is -3.48. The molecule has 1 aromatic carbocycles. The highest BCUT2D eigenvalue weighted by atomic mass is 16.2. The summed E-state index contributed by atoms with van der Waals surface area (Å²) in [5, 5.41) is 10.1. The first kappa shape index (κ1) is 20.3. The zero-order chi connectivity index (χ0) is 20.8. The van der Waals surface area contributed by atoms with Gasteiger partial charge in [-0.05, 0) is 43.2 Å². The van der Waals surface area contributed by atoms with E-state index in [0.717, 1.165) is 23.4 Å². The van der Waals surface area contributed by atoms with Gasteiger partial charge in [-0.15, -0.1) is 0 Å². The molecule has 2 amide bonds. The van der Waals surface area contributed by atoms with E-state index in [1.54, 1.807) is 17.1 Å². The normalized spacial score (nSPS) is 11.7.